The van der Waals surface area contributed by atoms with Crippen molar-refractivity contribution in [2.75, 3.05) is 13.2 Å². The highest BCUT2D eigenvalue weighted by molar-refractivity contribution is 5.96. The van der Waals surface area contributed by atoms with E-state index in [-0.39, 0.29) is 23.9 Å². The summed E-state index contributed by atoms with van der Waals surface area (Å²) in [5, 5.41) is 2.74. The smallest absolute Gasteiger partial charge is 0.245 e. The molecular formula is C13H22N2O3. The summed E-state index contributed by atoms with van der Waals surface area (Å²) in [6.07, 6.45) is 1.62. The first-order valence-corrected chi connectivity index (χ1v) is 6.76. The van der Waals surface area contributed by atoms with Crippen LogP contribution < -0.4 is 5.32 Å². The normalized spacial score (nSPS) is 34.6. The minimum atomic E-state index is -0.412. The van der Waals surface area contributed by atoms with E-state index in [2.05, 4.69) is 5.32 Å². The largest absolute Gasteiger partial charge is 0.381 e. The van der Waals surface area contributed by atoms with Gasteiger partial charge in [0, 0.05) is 18.6 Å². The van der Waals surface area contributed by atoms with E-state index in [0.717, 1.165) is 13.0 Å². The van der Waals surface area contributed by atoms with Crippen LogP contribution in [0.4, 0.5) is 0 Å². The molecule has 2 aliphatic heterocycles. The van der Waals surface area contributed by atoms with Crippen LogP contribution in [0.1, 0.15) is 33.6 Å². The van der Waals surface area contributed by atoms with E-state index in [9.17, 15) is 9.59 Å². The van der Waals surface area contributed by atoms with E-state index in [1.54, 1.807) is 11.8 Å². The number of carbonyl (C=O) groups is 2. The van der Waals surface area contributed by atoms with Crippen LogP contribution in [0.5, 0.6) is 0 Å². The Morgan fingerprint density at radius 1 is 1.50 bits per heavy atom. The van der Waals surface area contributed by atoms with E-state index in [0.29, 0.717) is 18.9 Å². The van der Waals surface area contributed by atoms with Crippen LogP contribution in [0.25, 0.3) is 0 Å². The monoisotopic (exact) mass is 254 g/mol. The first-order chi connectivity index (χ1) is 8.56. The van der Waals surface area contributed by atoms with Crippen LogP contribution in [0, 0.1) is 5.92 Å². The van der Waals surface area contributed by atoms with Crippen molar-refractivity contribution in [2.45, 2.75) is 51.7 Å². The van der Waals surface area contributed by atoms with Gasteiger partial charge in [-0.3, -0.25) is 9.59 Å². The van der Waals surface area contributed by atoms with Gasteiger partial charge >= 0.3 is 0 Å². The molecule has 0 aromatic carbocycles. The summed E-state index contributed by atoms with van der Waals surface area (Å²) < 4.78 is 5.39. The van der Waals surface area contributed by atoms with E-state index in [1.165, 1.54) is 0 Å². The van der Waals surface area contributed by atoms with E-state index < -0.39 is 6.04 Å². The molecule has 2 heterocycles. The van der Waals surface area contributed by atoms with Gasteiger partial charge in [0.15, 0.2) is 0 Å². The van der Waals surface area contributed by atoms with Crippen molar-refractivity contribution in [3.05, 3.63) is 0 Å². The second-order valence-electron chi connectivity index (χ2n) is 5.26. The predicted octanol–water partition coefficient (Wildman–Crippen LogP) is 0.537. The molecule has 5 nitrogen and oxygen atoms in total. The molecule has 102 valence electrons. The Bertz CT molecular complexity index is 339. The Morgan fingerprint density at radius 2 is 2.22 bits per heavy atom. The Morgan fingerprint density at radius 3 is 2.78 bits per heavy atom. The molecule has 0 spiro atoms. The van der Waals surface area contributed by atoms with Crippen LogP contribution in [0.15, 0.2) is 0 Å². The number of ether oxygens (including phenoxy) is 1. The number of rotatable bonds is 3. The van der Waals surface area contributed by atoms with E-state index in [1.807, 2.05) is 13.8 Å². The highest BCUT2D eigenvalue weighted by Gasteiger charge is 2.42. The minimum Gasteiger partial charge on any atom is -0.381 e. The molecule has 18 heavy (non-hydrogen) atoms. The summed E-state index contributed by atoms with van der Waals surface area (Å²) in [6, 6.07) is -0.673. The second kappa shape index (κ2) is 5.26. The molecule has 0 aliphatic carbocycles. The summed E-state index contributed by atoms with van der Waals surface area (Å²) >= 11 is 0. The molecule has 0 saturated carbocycles. The number of hydrogen-bond donors (Lipinski definition) is 1. The average Bonchev–Trinajstić information content (AvgIpc) is 2.86. The topological polar surface area (TPSA) is 58.6 Å². The van der Waals surface area contributed by atoms with Crippen LogP contribution in [-0.2, 0) is 14.3 Å². The first-order valence-electron chi connectivity index (χ1n) is 6.76. The fraction of sp³-hybridized carbons (Fsp3) is 0.846. The maximum absolute atomic E-state index is 12.3. The van der Waals surface area contributed by atoms with Gasteiger partial charge in [-0.2, -0.15) is 0 Å². The number of amides is 2. The maximum Gasteiger partial charge on any atom is 0.245 e. The molecule has 1 N–H and O–H groups in total. The Labute approximate surface area is 108 Å². The lowest BCUT2D eigenvalue weighted by Crippen LogP contribution is -2.65. The van der Waals surface area contributed by atoms with Gasteiger partial charge in [0.05, 0.1) is 6.61 Å². The molecular weight excluding hydrogens is 232 g/mol. The van der Waals surface area contributed by atoms with E-state index in [4.69, 9.17) is 4.74 Å². The van der Waals surface area contributed by atoms with Gasteiger partial charge in [-0.25, -0.2) is 0 Å². The Hall–Kier alpha value is -1.10. The summed E-state index contributed by atoms with van der Waals surface area (Å²) in [7, 11) is 0. The lowest BCUT2D eigenvalue weighted by atomic mass is 9.94. The van der Waals surface area contributed by atoms with Crippen molar-refractivity contribution in [3.8, 4) is 0 Å². The molecule has 2 amide bonds. The van der Waals surface area contributed by atoms with Crippen molar-refractivity contribution in [3.63, 3.8) is 0 Å². The molecule has 4 atom stereocenters. The summed E-state index contributed by atoms with van der Waals surface area (Å²) in [5.41, 5.74) is 0. The van der Waals surface area contributed by atoms with Gasteiger partial charge in [-0.05, 0) is 26.7 Å². The van der Waals surface area contributed by atoms with Gasteiger partial charge < -0.3 is 15.0 Å². The number of nitrogens with one attached hydrogen (secondary N) is 1. The average molecular weight is 254 g/mol. The van der Waals surface area contributed by atoms with E-state index >= 15 is 0 Å². The molecule has 4 unspecified atom stereocenters. The lowest BCUT2D eigenvalue weighted by molar-refractivity contribution is -0.152. The fourth-order valence-corrected chi connectivity index (χ4v) is 2.90. The molecule has 0 aromatic rings. The van der Waals surface area contributed by atoms with Gasteiger partial charge in [0.2, 0.25) is 11.8 Å². The molecule has 0 aromatic heterocycles. The zero-order valence-corrected chi connectivity index (χ0v) is 11.3. The molecule has 0 radical (unpaired) electrons. The summed E-state index contributed by atoms with van der Waals surface area (Å²) in [4.78, 5) is 26.1. The minimum absolute atomic E-state index is 0.0286. The maximum atomic E-state index is 12.3. The van der Waals surface area contributed by atoms with Crippen molar-refractivity contribution in [2.24, 2.45) is 5.92 Å². The standard InChI is InChI=1S/C13H22N2O3/c1-4-11-12(16)14-8(2)13(17)15(11)9(3)10-5-6-18-7-10/h8-11H,4-7H2,1-3H3,(H,14,16). The van der Waals surface area contributed by atoms with Crippen molar-refractivity contribution in [1.82, 2.24) is 10.2 Å². The highest BCUT2D eigenvalue weighted by Crippen LogP contribution is 2.26. The first kappa shape index (κ1) is 13.3. The zero-order valence-electron chi connectivity index (χ0n) is 11.3. The molecule has 2 rings (SSSR count). The van der Waals surface area contributed by atoms with Gasteiger partial charge in [-0.1, -0.05) is 6.92 Å². The van der Waals surface area contributed by atoms with Gasteiger partial charge in [-0.15, -0.1) is 0 Å². The Kier molecular flexibility index (Phi) is 3.90. The molecule has 2 saturated heterocycles. The van der Waals surface area contributed by atoms with Crippen molar-refractivity contribution < 1.29 is 14.3 Å². The molecule has 5 heteroatoms. The fourth-order valence-electron chi connectivity index (χ4n) is 2.90. The number of hydrogen-bond acceptors (Lipinski definition) is 3. The number of piperazine rings is 1. The highest BCUT2D eigenvalue weighted by atomic mass is 16.5. The molecule has 2 fully saturated rings. The number of nitrogens with zero attached hydrogens (tertiary/aromatic N) is 1. The second-order valence-corrected chi connectivity index (χ2v) is 5.26. The van der Waals surface area contributed by atoms with Crippen molar-refractivity contribution >= 4 is 11.8 Å². The van der Waals surface area contributed by atoms with Crippen LogP contribution in [0.2, 0.25) is 0 Å². The molecule has 0 bridgehead atoms. The van der Waals surface area contributed by atoms with Gasteiger partial charge in [0.1, 0.15) is 12.1 Å². The number of carbonyl (C=O) groups excluding carboxylic acids is 2. The third kappa shape index (κ3) is 2.23. The van der Waals surface area contributed by atoms with Crippen molar-refractivity contribution in [1.29, 1.82) is 0 Å². The molecule has 2 aliphatic rings. The third-order valence-electron chi connectivity index (χ3n) is 4.09. The van der Waals surface area contributed by atoms with Crippen LogP contribution >= 0.6 is 0 Å². The quantitative estimate of drug-likeness (QED) is 0.799. The Balaban J connectivity index is 2.19. The van der Waals surface area contributed by atoms with Crippen LogP contribution in [0.3, 0.4) is 0 Å². The summed E-state index contributed by atoms with van der Waals surface area (Å²) in [5.74, 6) is 0.345. The van der Waals surface area contributed by atoms with Crippen LogP contribution in [-0.4, -0.2) is 48.1 Å². The third-order valence-corrected chi connectivity index (χ3v) is 4.09. The van der Waals surface area contributed by atoms with Gasteiger partial charge in [0.25, 0.3) is 0 Å². The predicted molar refractivity (Wildman–Crippen MR) is 66.9 cm³/mol. The summed E-state index contributed by atoms with van der Waals surface area (Å²) in [6.45, 7) is 7.17. The lowest BCUT2D eigenvalue weighted by Gasteiger charge is -2.43. The SMILES string of the molecule is CCC1C(=O)NC(C)C(=O)N1C(C)C1CCOC1. The zero-order chi connectivity index (χ0) is 13.3.